The number of halogens is 2. The highest BCUT2D eigenvalue weighted by molar-refractivity contribution is 9.10. The number of benzene rings is 2. The number of nitrogens with one attached hydrogen (secondary N) is 1. The van der Waals surface area contributed by atoms with Crippen molar-refractivity contribution in [2.45, 2.75) is 25.8 Å². The Morgan fingerprint density at radius 3 is 2.61 bits per heavy atom. The first-order valence-electron chi connectivity index (χ1n) is 7.51. The molecule has 0 aromatic heterocycles. The number of carbonyl (C=O) groups is 1. The number of hydrogen-bond acceptors (Lipinski definition) is 2. The van der Waals surface area contributed by atoms with Crippen molar-refractivity contribution in [3.8, 4) is 0 Å². The molecule has 1 amide bonds. The number of amides is 1. The molecule has 0 fully saturated rings. The zero-order chi connectivity index (χ0) is 16.8. The smallest absolute Gasteiger partial charge is 0.241 e. The van der Waals surface area contributed by atoms with E-state index in [1.807, 2.05) is 37.3 Å². The van der Waals surface area contributed by atoms with Gasteiger partial charge in [0.25, 0.3) is 0 Å². The van der Waals surface area contributed by atoms with Gasteiger partial charge in [-0.15, -0.1) is 0 Å². The van der Waals surface area contributed by atoms with Gasteiger partial charge in [-0.1, -0.05) is 51.8 Å². The average molecular weight is 379 g/mol. The predicted molar refractivity (Wildman–Crippen MR) is 93.5 cm³/mol. The van der Waals surface area contributed by atoms with Crippen LogP contribution in [0.3, 0.4) is 0 Å². The van der Waals surface area contributed by atoms with E-state index in [1.165, 1.54) is 6.07 Å². The standard InChI is InChI=1S/C18H20BrFN2O/c1-12-4-6-14(7-5-12)17(21)18(23)22-10-2-3-13-8-9-15(19)11-16(13)20/h4-9,11,17H,2-3,10,21H2,1H3,(H,22,23). The highest BCUT2D eigenvalue weighted by atomic mass is 79.9. The Kier molecular flexibility index (Phi) is 6.30. The lowest BCUT2D eigenvalue weighted by Crippen LogP contribution is -2.34. The molecular weight excluding hydrogens is 359 g/mol. The summed E-state index contributed by atoms with van der Waals surface area (Å²) in [6.07, 6.45) is 1.23. The lowest BCUT2D eigenvalue weighted by molar-refractivity contribution is -0.122. The summed E-state index contributed by atoms with van der Waals surface area (Å²) in [7, 11) is 0. The second kappa shape index (κ2) is 8.22. The van der Waals surface area contributed by atoms with Crippen LogP contribution in [0, 0.1) is 12.7 Å². The van der Waals surface area contributed by atoms with Crippen LogP contribution >= 0.6 is 15.9 Å². The zero-order valence-electron chi connectivity index (χ0n) is 13.0. The fourth-order valence-corrected chi connectivity index (χ4v) is 2.58. The van der Waals surface area contributed by atoms with Gasteiger partial charge in [-0.25, -0.2) is 4.39 Å². The molecule has 3 nitrogen and oxygen atoms in total. The summed E-state index contributed by atoms with van der Waals surface area (Å²) in [6.45, 7) is 2.45. The fourth-order valence-electron chi connectivity index (χ4n) is 2.25. The monoisotopic (exact) mass is 378 g/mol. The van der Waals surface area contributed by atoms with E-state index in [-0.39, 0.29) is 11.7 Å². The van der Waals surface area contributed by atoms with Gasteiger partial charge in [0, 0.05) is 11.0 Å². The van der Waals surface area contributed by atoms with Gasteiger partial charge in [0.2, 0.25) is 5.91 Å². The van der Waals surface area contributed by atoms with Crippen molar-refractivity contribution in [2.24, 2.45) is 5.73 Å². The average Bonchev–Trinajstić information content (AvgIpc) is 2.53. The van der Waals surface area contributed by atoms with Crippen molar-refractivity contribution in [3.05, 3.63) is 69.4 Å². The number of hydrogen-bond donors (Lipinski definition) is 2. The van der Waals surface area contributed by atoms with Gasteiger partial charge in [0.1, 0.15) is 11.9 Å². The largest absolute Gasteiger partial charge is 0.354 e. The van der Waals surface area contributed by atoms with E-state index < -0.39 is 6.04 Å². The topological polar surface area (TPSA) is 55.1 Å². The van der Waals surface area contributed by atoms with Crippen LogP contribution in [0.1, 0.15) is 29.2 Å². The maximum absolute atomic E-state index is 13.7. The van der Waals surface area contributed by atoms with Crippen molar-refractivity contribution < 1.29 is 9.18 Å². The first-order valence-corrected chi connectivity index (χ1v) is 8.30. The molecule has 2 aromatic carbocycles. The Morgan fingerprint density at radius 1 is 1.26 bits per heavy atom. The second-order valence-corrected chi connectivity index (χ2v) is 6.43. The van der Waals surface area contributed by atoms with E-state index in [0.29, 0.717) is 24.9 Å². The first kappa shape index (κ1) is 17.6. The highest BCUT2D eigenvalue weighted by Crippen LogP contribution is 2.16. The fraction of sp³-hybridized carbons (Fsp3) is 0.278. The van der Waals surface area contributed by atoms with Crippen molar-refractivity contribution >= 4 is 21.8 Å². The number of aryl methyl sites for hydroxylation is 2. The van der Waals surface area contributed by atoms with Gasteiger partial charge in [-0.3, -0.25) is 4.79 Å². The molecule has 5 heteroatoms. The summed E-state index contributed by atoms with van der Waals surface area (Å²) in [5, 5.41) is 2.80. The summed E-state index contributed by atoms with van der Waals surface area (Å²) in [5.41, 5.74) is 8.50. The Labute approximate surface area is 144 Å². The van der Waals surface area contributed by atoms with Gasteiger partial charge in [-0.2, -0.15) is 0 Å². The van der Waals surface area contributed by atoms with Crippen LogP contribution < -0.4 is 11.1 Å². The predicted octanol–water partition coefficient (Wildman–Crippen LogP) is 3.65. The van der Waals surface area contributed by atoms with Gasteiger partial charge >= 0.3 is 0 Å². The van der Waals surface area contributed by atoms with E-state index >= 15 is 0 Å². The summed E-state index contributed by atoms with van der Waals surface area (Å²) in [5.74, 6) is -0.452. The van der Waals surface area contributed by atoms with Crippen molar-refractivity contribution in [1.82, 2.24) is 5.32 Å². The molecule has 3 N–H and O–H groups in total. The Bertz CT molecular complexity index is 673. The Hall–Kier alpha value is -1.72. The molecule has 2 rings (SSSR count). The van der Waals surface area contributed by atoms with E-state index in [9.17, 15) is 9.18 Å². The van der Waals surface area contributed by atoms with E-state index in [1.54, 1.807) is 6.07 Å². The highest BCUT2D eigenvalue weighted by Gasteiger charge is 2.14. The van der Waals surface area contributed by atoms with Crippen LogP contribution in [0.15, 0.2) is 46.9 Å². The molecule has 0 radical (unpaired) electrons. The third kappa shape index (κ3) is 5.15. The first-order chi connectivity index (χ1) is 11.0. The van der Waals surface area contributed by atoms with Crippen molar-refractivity contribution in [3.63, 3.8) is 0 Å². The van der Waals surface area contributed by atoms with Crippen molar-refractivity contribution in [2.75, 3.05) is 6.54 Å². The normalized spacial score (nSPS) is 12.0. The Morgan fingerprint density at radius 2 is 1.96 bits per heavy atom. The van der Waals surface area contributed by atoms with Gasteiger partial charge in [0.15, 0.2) is 0 Å². The van der Waals surface area contributed by atoms with E-state index in [4.69, 9.17) is 5.73 Å². The number of rotatable bonds is 6. The molecule has 0 aliphatic carbocycles. The van der Waals surface area contributed by atoms with Gasteiger partial charge in [-0.05, 0) is 43.0 Å². The number of carbonyl (C=O) groups excluding carboxylic acids is 1. The Balaban J connectivity index is 1.79. The van der Waals surface area contributed by atoms with Crippen LogP contribution in [-0.2, 0) is 11.2 Å². The molecule has 0 bridgehead atoms. The van der Waals surface area contributed by atoms with Crippen molar-refractivity contribution in [1.29, 1.82) is 0 Å². The molecule has 0 aliphatic rings. The second-order valence-electron chi connectivity index (χ2n) is 5.52. The SMILES string of the molecule is Cc1ccc(C(N)C(=O)NCCCc2ccc(Br)cc2F)cc1. The van der Waals surface area contributed by atoms with Crippen LogP contribution in [0.5, 0.6) is 0 Å². The maximum atomic E-state index is 13.7. The summed E-state index contributed by atoms with van der Waals surface area (Å²) in [4.78, 5) is 12.0. The van der Waals surface area contributed by atoms with Crippen LogP contribution in [-0.4, -0.2) is 12.5 Å². The lowest BCUT2D eigenvalue weighted by atomic mass is 10.1. The molecule has 0 saturated carbocycles. The van der Waals surface area contributed by atoms with Crippen LogP contribution in [0.4, 0.5) is 4.39 Å². The van der Waals surface area contributed by atoms with Crippen LogP contribution in [0.2, 0.25) is 0 Å². The zero-order valence-corrected chi connectivity index (χ0v) is 14.6. The molecule has 122 valence electrons. The quantitative estimate of drug-likeness (QED) is 0.753. The third-order valence-electron chi connectivity index (χ3n) is 3.66. The molecular formula is C18H20BrFN2O. The minimum atomic E-state index is -0.681. The molecule has 2 aromatic rings. The third-order valence-corrected chi connectivity index (χ3v) is 4.15. The van der Waals surface area contributed by atoms with Crippen LogP contribution in [0.25, 0.3) is 0 Å². The minimum Gasteiger partial charge on any atom is -0.354 e. The summed E-state index contributed by atoms with van der Waals surface area (Å²) in [6, 6.07) is 11.9. The molecule has 23 heavy (non-hydrogen) atoms. The molecule has 0 heterocycles. The minimum absolute atomic E-state index is 0.217. The lowest BCUT2D eigenvalue weighted by Gasteiger charge is -2.13. The summed E-state index contributed by atoms with van der Waals surface area (Å²) >= 11 is 3.23. The number of nitrogens with two attached hydrogens (primary N) is 1. The molecule has 0 spiro atoms. The van der Waals surface area contributed by atoms with Gasteiger partial charge in [0.05, 0.1) is 0 Å². The van der Waals surface area contributed by atoms with E-state index in [0.717, 1.165) is 15.6 Å². The molecule has 1 unspecified atom stereocenters. The molecule has 0 aliphatic heterocycles. The maximum Gasteiger partial charge on any atom is 0.241 e. The van der Waals surface area contributed by atoms with E-state index in [2.05, 4.69) is 21.2 Å². The molecule has 0 saturated heterocycles. The summed E-state index contributed by atoms with van der Waals surface area (Å²) < 4.78 is 14.4. The molecule has 1 atom stereocenters. The van der Waals surface area contributed by atoms with Gasteiger partial charge < -0.3 is 11.1 Å².